The van der Waals surface area contributed by atoms with Crippen LogP contribution in [0.2, 0.25) is 0 Å². The second-order valence-electron chi connectivity index (χ2n) is 6.77. The standard InChI is InChI=1S/C18H34N2O10/c1-2-12(22)10-28-6-5-27-4-3-19-15(24)8-20-16(25)11-29-17-7-13(23)18(26)14(9-21)30-17/h12-14,17-18,21-23,26H,2-11H2,1H3,(H,19,24)(H,20,25). The van der Waals surface area contributed by atoms with E-state index in [4.69, 9.17) is 24.1 Å². The number of carbonyl (C=O) groups excluding carboxylic acids is 2. The van der Waals surface area contributed by atoms with Gasteiger partial charge in [-0.15, -0.1) is 0 Å². The average molecular weight is 438 g/mol. The molecule has 0 bridgehead atoms. The summed E-state index contributed by atoms with van der Waals surface area (Å²) in [6.07, 6.45) is -4.20. The Morgan fingerprint density at radius 1 is 1.13 bits per heavy atom. The van der Waals surface area contributed by atoms with Crippen LogP contribution < -0.4 is 10.6 Å². The second-order valence-corrected chi connectivity index (χ2v) is 6.77. The van der Waals surface area contributed by atoms with Gasteiger partial charge in [-0.3, -0.25) is 9.59 Å². The van der Waals surface area contributed by atoms with Crippen LogP contribution in [0.3, 0.4) is 0 Å². The number of carbonyl (C=O) groups is 2. The van der Waals surface area contributed by atoms with Crippen LogP contribution in [-0.4, -0.2) is 116 Å². The molecule has 5 atom stereocenters. The van der Waals surface area contributed by atoms with E-state index in [1.54, 1.807) is 0 Å². The first-order valence-electron chi connectivity index (χ1n) is 9.98. The second kappa shape index (κ2) is 15.4. The molecule has 6 N–H and O–H groups in total. The largest absolute Gasteiger partial charge is 0.394 e. The first kappa shape index (κ1) is 26.7. The van der Waals surface area contributed by atoms with Gasteiger partial charge in [0.2, 0.25) is 11.8 Å². The first-order valence-corrected chi connectivity index (χ1v) is 9.98. The molecule has 2 amide bonds. The van der Waals surface area contributed by atoms with E-state index in [0.29, 0.717) is 19.6 Å². The topological polar surface area (TPSA) is 176 Å². The van der Waals surface area contributed by atoms with Crippen molar-refractivity contribution < 1.29 is 49.0 Å². The summed E-state index contributed by atoms with van der Waals surface area (Å²) in [5.41, 5.74) is 0. The van der Waals surface area contributed by atoms with E-state index in [0.717, 1.165) is 0 Å². The third-order valence-corrected chi connectivity index (χ3v) is 4.28. The fraction of sp³-hybridized carbons (Fsp3) is 0.889. The Balaban J connectivity index is 2.03. The molecule has 1 fully saturated rings. The van der Waals surface area contributed by atoms with Crippen molar-refractivity contribution >= 4 is 11.8 Å². The third-order valence-electron chi connectivity index (χ3n) is 4.28. The van der Waals surface area contributed by atoms with Crippen LogP contribution in [-0.2, 0) is 28.5 Å². The third kappa shape index (κ3) is 11.1. The van der Waals surface area contributed by atoms with Crippen LogP contribution in [0.1, 0.15) is 19.8 Å². The Bertz CT molecular complexity index is 496. The van der Waals surface area contributed by atoms with Gasteiger partial charge in [0.25, 0.3) is 0 Å². The molecule has 0 saturated carbocycles. The number of hydrogen-bond donors (Lipinski definition) is 6. The summed E-state index contributed by atoms with van der Waals surface area (Å²) in [5, 5.41) is 42.6. The molecule has 0 aromatic carbocycles. The SMILES string of the molecule is CCC(O)COCCOCCNC(=O)CNC(=O)COC1CC(O)C(O)C(CO)O1. The highest BCUT2D eigenvalue weighted by Crippen LogP contribution is 2.20. The lowest BCUT2D eigenvalue weighted by Crippen LogP contribution is -2.51. The molecular formula is C18H34N2O10. The minimum atomic E-state index is -1.22. The smallest absolute Gasteiger partial charge is 0.246 e. The van der Waals surface area contributed by atoms with E-state index in [-0.39, 0.29) is 32.7 Å². The van der Waals surface area contributed by atoms with Crippen LogP contribution in [0.5, 0.6) is 0 Å². The molecular weight excluding hydrogens is 404 g/mol. The predicted octanol–water partition coefficient (Wildman–Crippen LogP) is -3.13. The van der Waals surface area contributed by atoms with E-state index in [2.05, 4.69) is 10.6 Å². The number of aliphatic hydroxyl groups excluding tert-OH is 4. The average Bonchev–Trinajstić information content (AvgIpc) is 2.74. The maximum Gasteiger partial charge on any atom is 0.246 e. The van der Waals surface area contributed by atoms with E-state index in [1.807, 2.05) is 6.92 Å². The molecule has 1 aliphatic rings. The van der Waals surface area contributed by atoms with Gasteiger partial charge in [0.1, 0.15) is 18.8 Å². The molecule has 12 nitrogen and oxygen atoms in total. The molecule has 176 valence electrons. The quantitative estimate of drug-likeness (QED) is 0.143. The number of amides is 2. The molecule has 0 aliphatic carbocycles. The highest BCUT2D eigenvalue weighted by molar-refractivity contribution is 5.85. The lowest BCUT2D eigenvalue weighted by atomic mass is 10.0. The molecule has 12 heteroatoms. The fourth-order valence-corrected chi connectivity index (χ4v) is 2.45. The maximum atomic E-state index is 11.7. The van der Waals surface area contributed by atoms with Gasteiger partial charge in [0, 0.05) is 13.0 Å². The number of hydrogen-bond acceptors (Lipinski definition) is 10. The van der Waals surface area contributed by atoms with Crippen molar-refractivity contribution in [3.8, 4) is 0 Å². The van der Waals surface area contributed by atoms with E-state index < -0.39 is 55.7 Å². The van der Waals surface area contributed by atoms with Crippen molar-refractivity contribution in [2.24, 2.45) is 0 Å². The van der Waals surface area contributed by atoms with Gasteiger partial charge in [-0.25, -0.2) is 0 Å². The monoisotopic (exact) mass is 438 g/mol. The molecule has 1 aliphatic heterocycles. The van der Waals surface area contributed by atoms with Crippen molar-refractivity contribution in [2.75, 3.05) is 52.7 Å². The molecule has 1 saturated heterocycles. The zero-order chi connectivity index (χ0) is 22.4. The normalized spacial score (nSPS) is 25.0. The van der Waals surface area contributed by atoms with E-state index in [9.17, 15) is 24.9 Å². The Morgan fingerprint density at radius 2 is 1.87 bits per heavy atom. The summed E-state index contributed by atoms with van der Waals surface area (Å²) in [7, 11) is 0. The minimum absolute atomic E-state index is 0.0460. The van der Waals surface area contributed by atoms with Crippen molar-refractivity contribution in [2.45, 2.75) is 50.5 Å². The van der Waals surface area contributed by atoms with Crippen molar-refractivity contribution in [1.82, 2.24) is 10.6 Å². The highest BCUT2D eigenvalue weighted by atomic mass is 16.7. The molecule has 30 heavy (non-hydrogen) atoms. The zero-order valence-corrected chi connectivity index (χ0v) is 17.2. The van der Waals surface area contributed by atoms with Crippen LogP contribution >= 0.6 is 0 Å². The molecule has 0 aromatic heterocycles. The van der Waals surface area contributed by atoms with Crippen LogP contribution in [0, 0.1) is 0 Å². The summed E-state index contributed by atoms with van der Waals surface area (Å²) in [5.74, 6) is -0.959. The molecule has 1 rings (SSSR count). The van der Waals surface area contributed by atoms with Gasteiger partial charge in [-0.1, -0.05) is 6.92 Å². The number of ether oxygens (including phenoxy) is 4. The number of rotatable bonds is 15. The molecule has 1 heterocycles. The van der Waals surface area contributed by atoms with Crippen LogP contribution in [0.25, 0.3) is 0 Å². The van der Waals surface area contributed by atoms with Gasteiger partial charge in [-0.05, 0) is 6.42 Å². The van der Waals surface area contributed by atoms with Gasteiger partial charge in [-0.2, -0.15) is 0 Å². The summed E-state index contributed by atoms with van der Waals surface area (Å²) in [4.78, 5) is 23.4. The number of aliphatic hydroxyl groups is 4. The molecule has 5 unspecified atom stereocenters. The van der Waals surface area contributed by atoms with Gasteiger partial charge >= 0.3 is 0 Å². The zero-order valence-electron chi connectivity index (χ0n) is 17.2. The van der Waals surface area contributed by atoms with E-state index >= 15 is 0 Å². The highest BCUT2D eigenvalue weighted by Gasteiger charge is 2.36. The maximum absolute atomic E-state index is 11.7. The summed E-state index contributed by atoms with van der Waals surface area (Å²) < 4.78 is 20.9. The van der Waals surface area contributed by atoms with Gasteiger partial charge in [0.15, 0.2) is 6.29 Å². The first-order chi connectivity index (χ1) is 14.4. The summed E-state index contributed by atoms with van der Waals surface area (Å²) >= 11 is 0. The lowest BCUT2D eigenvalue weighted by Gasteiger charge is -2.35. The fourth-order valence-electron chi connectivity index (χ4n) is 2.45. The molecule has 0 aromatic rings. The number of nitrogens with one attached hydrogen (secondary N) is 2. The lowest BCUT2D eigenvalue weighted by molar-refractivity contribution is -0.255. The Labute approximate surface area is 175 Å². The van der Waals surface area contributed by atoms with Crippen molar-refractivity contribution in [3.05, 3.63) is 0 Å². The van der Waals surface area contributed by atoms with Gasteiger partial charge < -0.3 is 50.0 Å². The minimum Gasteiger partial charge on any atom is -0.394 e. The van der Waals surface area contributed by atoms with Crippen LogP contribution in [0.15, 0.2) is 0 Å². The Kier molecular flexibility index (Phi) is 13.7. The predicted molar refractivity (Wildman–Crippen MR) is 102 cm³/mol. The summed E-state index contributed by atoms with van der Waals surface area (Å²) in [6, 6.07) is 0. The Hall–Kier alpha value is -1.38. The van der Waals surface area contributed by atoms with E-state index in [1.165, 1.54) is 0 Å². The van der Waals surface area contributed by atoms with Gasteiger partial charge in [0.05, 0.1) is 51.8 Å². The van der Waals surface area contributed by atoms with Crippen LogP contribution in [0.4, 0.5) is 0 Å². The van der Waals surface area contributed by atoms with Crippen molar-refractivity contribution in [3.63, 3.8) is 0 Å². The van der Waals surface area contributed by atoms with Crippen molar-refractivity contribution in [1.29, 1.82) is 0 Å². The Morgan fingerprint density at radius 3 is 2.57 bits per heavy atom. The summed E-state index contributed by atoms with van der Waals surface area (Å²) in [6.45, 7) is 2.20. The molecule has 0 radical (unpaired) electrons. The molecule has 0 spiro atoms.